The van der Waals surface area contributed by atoms with Crippen LogP contribution in [0.25, 0.3) is 0 Å². The summed E-state index contributed by atoms with van der Waals surface area (Å²) in [5, 5.41) is 2.55. The Morgan fingerprint density at radius 1 is 1.15 bits per heavy atom. The molecule has 0 aliphatic heterocycles. The first kappa shape index (κ1) is 14.3. The summed E-state index contributed by atoms with van der Waals surface area (Å²) in [6, 6.07) is 8.70. The molecule has 0 fully saturated rings. The zero-order chi connectivity index (χ0) is 14.8. The first-order valence-electron chi connectivity index (χ1n) is 5.47. The van der Waals surface area contributed by atoms with Gasteiger partial charge in [-0.25, -0.2) is 4.98 Å². The van der Waals surface area contributed by atoms with Crippen molar-refractivity contribution in [3.8, 4) is 0 Å². The zero-order valence-electron chi connectivity index (χ0n) is 9.91. The van der Waals surface area contributed by atoms with Gasteiger partial charge >= 0.3 is 6.18 Å². The summed E-state index contributed by atoms with van der Waals surface area (Å²) in [4.78, 5) is 15.7. The number of hydrogen-bond donors (Lipinski definition) is 1. The molecule has 0 unspecified atom stereocenters. The Morgan fingerprint density at radius 2 is 1.85 bits per heavy atom. The summed E-state index contributed by atoms with van der Waals surface area (Å²) in [6.07, 6.45) is -4.50. The van der Waals surface area contributed by atoms with Crippen LogP contribution in [0.3, 0.4) is 0 Å². The van der Waals surface area contributed by atoms with E-state index in [0.29, 0.717) is 0 Å². The molecule has 1 N–H and O–H groups in total. The number of carbonyl (C=O) groups excluding carboxylic acids is 1. The number of anilines is 1. The van der Waals surface area contributed by atoms with Gasteiger partial charge in [-0.3, -0.25) is 4.79 Å². The minimum absolute atomic E-state index is 0.110. The smallest absolute Gasteiger partial charge is 0.307 e. The Morgan fingerprint density at radius 3 is 2.50 bits per heavy atom. The molecular formula is C13H8ClF3N2O. The molecule has 20 heavy (non-hydrogen) atoms. The fraction of sp³-hybridized carbons (Fsp3) is 0.0769. The van der Waals surface area contributed by atoms with Gasteiger partial charge in [0.25, 0.3) is 5.91 Å². The molecule has 0 saturated carbocycles. The molecule has 0 atom stereocenters. The maximum Gasteiger partial charge on any atom is 0.416 e. The number of pyridine rings is 1. The van der Waals surface area contributed by atoms with Crippen molar-refractivity contribution in [2.45, 2.75) is 6.18 Å². The van der Waals surface area contributed by atoms with E-state index in [1.54, 1.807) is 6.07 Å². The third-order valence-electron chi connectivity index (χ3n) is 2.41. The van der Waals surface area contributed by atoms with Crippen LogP contribution in [0.2, 0.25) is 5.15 Å². The maximum absolute atomic E-state index is 12.5. The van der Waals surface area contributed by atoms with Crippen LogP contribution in [0, 0.1) is 0 Å². The van der Waals surface area contributed by atoms with Gasteiger partial charge in [0, 0.05) is 5.56 Å². The van der Waals surface area contributed by atoms with E-state index in [1.165, 1.54) is 24.3 Å². The minimum Gasteiger partial charge on any atom is -0.307 e. The molecule has 0 saturated heterocycles. The number of nitrogens with zero attached hydrogens (tertiary/aromatic N) is 1. The van der Waals surface area contributed by atoms with E-state index in [2.05, 4.69) is 10.3 Å². The minimum atomic E-state index is -4.50. The predicted octanol–water partition coefficient (Wildman–Crippen LogP) is 4.01. The summed E-state index contributed by atoms with van der Waals surface area (Å²) in [7, 11) is 0. The molecule has 1 amide bonds. The molecule has 1 aromatic carbocycles. The number of carbonyl (C=O) groups is 1. The van der Waals surface area contributed by atoms with Crippen molar-refractivity contribution in [1.29, 1.82) is 0 Å². The van der Waals surface area contributed by atoms with Crippen molar-refractivity contribution in [3.63, 3.8) is 0 Å². The van der Waals surface area contributed by atoms with Crippen LogP contribution in [-0.4, -0.2) is 10.9 Å². The van der Waals surface area contributed by atoms with Crippen LogP contribution in [0.5, 0.6) is 0 Å². The lowest BCUT2D eigenvalue weighted by Gasteiger charge is -2.09. The lowest BCUT2D eigenvalue weighted by molar-refractivity contribution is -0.137. The fourth-order valence-electron chi connectivity index (χ4n) is 1.50. The lowest BCUT2D eigenvalue weighted by atomic mass is 10.1. The highest BCUT2D eigenvalue weighted by atomic mass is 35.5. The molecular weight excluding hydrogens is 293 g/mol. The first-order valence-corrected chi connectivity index (χ1v) is 5.85. The van der Waals surface area contributed by atoms with Gasteiger partial charge < -0.3 is 5.32 Å². The summed E-state index contributed by atoms with van der Waals surface area (Å²) in [5.41, 5.74) is -0.995. The topological polar surface area (TPSA) is 42.0 Å². The van der Waals surface area contributed by atoms with Crippen LogP contribution < -0.4 is 5.32 Å². The number of nitrogens with one attached hydrogen (secondary N) is 1. The second kappa shape index (κ2) is 5.50. The van der Waals surface area contributed by atoms with E-state index in [4.69, 9.17) is 11.6 Å². The van der Waals surface area contributed by atoms with Gasteiger partial charge in [-0.2, -0.15) is 13.2 Å². The number of amides is 1. The highest BCUT2D eigenvalue weighted by molar-refractivity contribution is 6.29. The van der Waals surface area contributed by atoms with E-state index >= 15 is 0 Å². The van der Waals surface area contributed by atoms with Crippen molar-refractivity contribution < 1.29 is 18.0 Å². The van der Waals surface area contributed by atoms with E-state index in [-0.39, 0.29) is 16.5 Å². The number of alkyl halides is 3. The van der Waals surface area contributed by atoms with Crippen molar-refractivity contribution >= 4 is 23.3 Å². The van der Waals surface area contributed by atoms with Gasteiger partial charge in [-0.1, -0.05) is 23.7 Å². The van der Waals surface area contributed by atoms with Gasteiger partial charge in [0.1, 0.15) is 11.0 Å². The number of halogens is 4. The third-order valence-corrected chi connectivity index (χ3v) is 2.62. The highest BCUT2D eigenvalue weighted by Gasteiger charge is 2.30. The SMILES string of the molecule is O=C(Nc1cccc(Cl)n1)c1cccc(C(F)(F)F)c1. The molecule has 2 rings (SSSR count). The molecule has 1 aromatic heterocycles. The molecule has 0 radical (unpaired) electrons. The van der Waals surface area contributed by atoms with Gasteiger partial charge in [-0.15, -0.1) is 0 Å². The largest absolute Gasteiger partial charge is 0.416 e. The number of hydrogen-bond acceptors (Lipinski definition) is 2. The molecule has 0 aliphatic carbocycles. The van der Waals surface area contributed by atoms with Gasteiger partial charge in [0.15, 0.2) is 0 Å². The van der Waals surface area contributed by atoms with Gasteiger partial charge in [0.05, 0.1) is 5.56 Å². The second-order valence-electron chi connectivity index (χ2n) is 3.88. The van der Waals surface area contributed by atoms with E-state index in [1.807, 2.05) is 0 Å². The van der Waals surface area contributed by atoms with Crippen molar-refractivity contribution in [1.82, 2.24) is 4.98 Å². The zero-order valence-corrected chi connectivity index (χ0v) is 10.7. The molecule has 0 bridgehead atoms. The summed E-state index contributed by atoms with van der Waals surface area (Å²) in [6.45, 7) is 0. The molecule has 104 valence electrons. The normalized spacial score (nSPS) is 11.2. The van der Waals surface area contributed by atoms with Crippen LogP contribution in [0.4, 0.5) is 19.0 Å². The number of aromatic nitrogens is 1. The molecule has 2 aromatic rings. The Hall–Kier alpha value is -2.08. The third kappa shape index (κ3) is 3.48. The first-order chi connectivity index (χ1) is 9.36. The van der Waals surface area contributed by atoms with Crippen molar-refractivity contribution in [2.75, 3.05) is 5.32 Å². The lowest BCUT2D eigenvalue weighted by Crippen LogP contribution is -2.14. The standard InChI is InChI=1S/C13H8ClF3N2O/c14-10-5-2-6-11(18-10)19-12(20)8-3-1-4-9(7-8)13(15,16)17/h1-7H,(H,18,19,20). The van der Waals surface area contributed by atoms with Gasteiger partial charge in [-0.05, 0) is 30.3 Å². The maximum atomic E-state index is 12.5. The van der Waals surface area contributed by atoms with E-state index < -0.39 is 17.6 Å². The average molecular weight is 301 g/mol. The molecule has 7 heteroatoms. The van der Waals surface area contributed by atoms with Gasteiger partial charge in [0.2, 0.25) is 0 Å². The Balaban J connectivity index is 2.22. The Labute approximate surface area is 117 Å². The predicted molar refractivity (Wildman–Crippen MR) is 68.6 cm³/mol. The monoisotopic (exact) mass is 300 g/mol. The van der Waals surface area contributed by atoms with Crippen LogP contribution in [0.15, 0.2) is 42.5 Å². The molecule has 1 heterocycles. The van der Waals surface area contributed by atoms with Crippen molar-refractivity contribution in [3.05, 3.63) is 58.7 Å². The Bertz CT molecular complexity index is 644. The number of benzene rings is 1. The summed E-state index contributed by atoms with van der Waals surface area (Å²) >= 11 is 5.65. The average Bonchev–Trinajstić information content (AvgIpc) is 2.38. The highest BCUT2D eigenvalue weighted by Crippen LogP contribution is 2.29. The number of rotatable bonds is 2. The van der Waals surface area contributed by atoms with Crippen LogP contribution in [-0.2, 0) is 6.18 Å². The van der Waals surface area contributed by atoms with Crippen molar-refractivity contribution in [2.24, 2.45) is 0 Å². The Kier molecular flexibility index (Phi) is 3.94. The quantitative estimate of drug-likeness (QED) is 0.852. The molecule has 0 aliphatic rings. The molecule has 0 spiro atoms. The summed E-state index contributed by atoms with van der Waals surface area (Å²) < 4.78 is 37.6. The van der Waals surface area contributed by atoms with Crippen LogP contribution >= 0.6 is 11.6 Å². The van der Waals surface area contributed by atoms with Crippen LogP contribution in [0.1, 0.15) is 15.9 Å². The van der Waals surface area contributed by atoms with E-state index in [0.717, 1.165) is 12.1 Å². The molecule has 3 nitrogen and oxygen atoms in total. The fourth-order valence-corrected chi connectivity index (χ4v) is 1.67. The van der Waals surface area contributed by atoms with E-state index in [9.17, 15) is 18.0 Å². The second-order valence-corrected chi connectivity index (χ2v) is 4.27. The summed E-state index contributed by atoms with van der Waals surface area (Å²) in [5.74, 6) is -0.522.